The van der Waals surface area contributed by atoms with Crippen molar-refractivity contribution in [3.05, 3.63) is 53.3 Å². The molecule has 0 unspecified atom stereocenters. The molecule has 142 valence electrons. The fourth-order valence-electron chi connectivity index (χ4n) is 3.14. The van der Waals surface area contributed by atoms with Crippen molar-refractivity contribution in [2.75, 3.05) is 18.5 Å². The van der Waals surface area contributed by atoms with Crippen LogP contribution in [-0.4, -0.2) is 35.1 Å². The summed E-state index contributed by atoms with van der Waals surface area (Å²) in [5.74, 6) is 0.495. The summed E-state index contributed by atoms with van der Waals surface area (Å²) in [6.45, 7) is 1.29. The van der Waals surface area contributed by atoms with E-state index in [1.54, 1.807) is 12.4 Å². The SMILES string of the molecule is Cl.O=C(NC[C@H]1CCCO1)c1cnc(Nc2cccc(Cl)c2)c2[nH]ccc12. The Morgan fingerprint density at radius 1 is 1.37 bits per heavy atom. The summed E-state index contributed by atoms with van der Waals surface area (Å²) in [4.78, 5) is 20.1. The van der Waals surface area contributed by atoms with Gasteiger partial charge in [0.15, 0.2) is 5.82 Å². The molecular weight excluding hydrogens is 387 g/mol. The molecule has 0 saturated carbocycles. The second-order valence-corrected chi connectivity index (χ2v) is 6.70. The molecule has 0 spiro atoms. The number of aromatic amines is 1. The zero-order valence-electron chi connectivity index (χ0n) is 14.5. The van der Waals surface area contributed by atoms with Gasteiger partial charge in [0, 0.05) is 41.6 Å². The number of H-pyrrole nitrogens is 1. The van der Waals surface area contributed by atoms with Crippen molar-refractivity contribution in [3.8, 4) is 0 Å². The van der Waals surface area contributed by atoms with Crippen LogP contribution in [0.5, 0.6) is 0 Å². The Morgan fingerprint density at radius 2 is 2.26 bits per heavy atom. The second-order valence-electron chi connectivity index (χ2n) is 6.27. The number of ether oxygens (including phenoxy) is 1. The lowest BCUT2D eigenvalue weighted by Gasteiger charge is -2.12. The van der Waals surface area contributed by atoms with Crippen molar-refractivity contribution < 1.29 is 9.53 Å². The fraction of sp³-hybridized carbons (Fsp3) is 0.263. The maximum atomic E-state index is 12.6. The number of fused-ring (bicyclic) bond motifs is 1. The van der Waals surface area contributed by atoms with E-state index in [-0.39, 0.29) is 24.4 Å². The Kier molecular flexibility index (Phi) is 6.21. The van der Waals surface area contributed by atoms with Gasteiger partial charge in [-0.2, -0.15) is 0 Å². The van der Waals surface area contributed by atoms with Crippen LogP contribution < -0.4 is 10.6 Å². The number of nitrogens with zero attached hydrogens (tertiary/aromatic N) is 1. The first-order valence-corrected chi connectivity index (χ1v) is 8.97. The number of nitrogens with one attached hydrogen (secondary N) is 3. The van der Waals surface area contributed by atoms with Crippen molar-refractivity contribution in [1.82, 2.24) is 15.3 Å². The van der Waals surface area contributed by atoms with Gasteiger partial charge in [-0.1, -0.05) is 17.7 Å². The molecule has 3 aromatic rings. The van der Waals surface area contributed by atoms with Gasteiger partial charge in [-0.25, -0.2) is 4.98 Å². The molecule has 3 heterocycles. The Hall–Kier alpha value is -2.28. The predicted octanol–water partition coefficient (Wildman–Crippen LogP) is 4.29. The summed E-state index contributed by atoms with van der Waals surface area (Å²) in [5.41, 5.74) is 2.14. The third-order valence-electron chi connectivity index (χ3n) is 4.44. The van der Waals surface area contributed by atoms with Crippen molar-refractivity contribution in [1.29, 1.82) is 0 Å². The van der Waals surface area contributed by atoms with E-state index in [2.05, 4.69) is 20.6 Å². The number of pyridine rings is 1. The van der Waals surface area contributed by atoms with E-state index >= 15 is 0 Å². The highest BCUT2D eigenvalue weighted by atomic mass is 35.5. The van der Waals surface area contributed by atoms with Crippen LogP contribution in [0.3, 0.4) is 0 Å². The van der Waals surface area contributed by atoms with Gasteiger partial charge in [-0.15, -0.1) is 12.4 Å². The minimum absolute atomic E-state index is 0. The Bertz CT molecular complexity index is 938. The van der Waals surface area contributed by atoms with Crippen LogP contribution in [0.2, 0.25) is 5.02 Å². The molecule has 27 heavy (non-hydrogen) atoms. The summed E-state index contributed by atoms with van der Waals surface area (Å²) in [5, 5.41) is 7.64. The van der Waals surface area contributed by atoms with E-state index in [1.165, 1.54) is 0 Å². The standard InChI is InChI=1S/C19H19ClN4O2.ClH/c20-12-3-1-4-13(9-12)24-18-17-15(6-7-21-17)16(11-22-18)19(25)23-10-14-5-2-8-26-14;/h1,3-4,6-7,9,11,14,21H,2,5,8,10H2,(H,22,24)(H,23,25);1H/t14-;/m1./s1. The lowest BCUT2D eigenvalue weighted by atomic mass is 10.1. The zero-order chi connectivity index (χ0) is 17.9. The number of hydrogen-bond acceptors (Lipinski definition) is 4. The topological polar surface area (TPSA) is 79.0 Å². The maximum absolute atomic E-state index is 12.6. The molecule has 1 aromatic carbocycles. The van der Waals surface area contributed by atoms with E-state index in [1.807, 2.05) is 30.3 Å². The number of rotatable bonds is 5. The van der Waals surface area contributed by atoms with Crippen molar-refractivity contribution in [2.45, 2.75) is 18.9 Å². The van der Waals surface area contributed by atoms with Gasteiger partial charge in [-0.05, 0) is 37.1 Å². The monoisotopic (exact) mass is 406 g/mol. The first-order valence-electron chi connectivity index (χ1n) is 8.59. The summed E-state index contributed by atoms with van der Waals surface area (Å²) in [6.07, 6.45) is 5.53. The van der Waals surface area contributed by atoms with Gasteiger partial charge in [0.1, 0.15) is 0 Å². The normalized spacial score (nSPS) is 16.1. The van der Waals surface area contributed by atoms with E-state index in [4.69, 9.17) is 16.3 Å². The van der Waals surface area contributed by atoms with E-state index in [0.717, 1.165) is 36.0 Å². The minimum atomic E-state index is -0.146. The average molecular weight is 407 g/mol. The first kappa shape index (κ1) is 19.5. The third-order valence-corrected chi connectivity index (χ3v) is 4.68. The molecule has 2 aromatic heterocycles. The van der Waals surface area contributed by atoms with Crippen molar-refractivity contribution >= 4 is 52.3 Å². The maximum Gasteiger partial charge on any atom is 0.253 e. The van der Waals surface area contributed by atoms with Gasteiger partial charge < -0.3 is 20.4 Å². The molecule has 4 rings (SSSR count). The van der Waals surface area contributed by atoms with Crippen LogP contribution >= 0.6 is 24.0 Å². The van der Waals surface area contributed by atoms with E-state index in [0.29, 0.717) is 22.9 Å². The van der Waals surface area contributed by atoms with E-state index in [9.17, 15) is 4.79 Å². The lowest BCUT2D eigenvalue weighted by Crippen LogP contribution is -2.31. The predicted molar refractivity (Wildman–Crippen MR) is 109 cm³/mol. The Balaban J connectivity index is 0.00000210. The molecule has 0 radical (unpaired) electrons. The van der Waals surface area contributed by atoms with Gasteiger partial charge in [0.2, 0.25) is 0 Å². The molecule has 1 amide bonds. The first-order chi connectivity index (χ1) is 12.7. The Morgan fingerprint density at radius 3 is 3.04 bits per heavy atom. The molecule has 0 aliphatic carbocycles. The molecule has 0 bridgehead atoms. The van der Waals surface area contributed by atoms with E-state index < -0.39 is 0 Å². The summed E-state index contributed by atoms with van der Waals surface area (Å²) in [6, 6.07) is 9.28. The highest BCUT2D eigenvalue weighted by molar-refractivity contribution is 6.30. The highest BCUT2D eigenvalue weighted by Crippen LogP contribution is 2.27. The molecular formula is C19H20Cl2N4O2. The van der Waals surface area contributed by atoms with Crippen LogP contribution in [0.25, 0.3) is 10.9 Å². The number of anilines is 2. The van der Waals surface area contributed by atoms with Gasteiger partial charge in [0.25, 0.3) is 5.91 Å². The lowest BCUT2D eigenvalue weighted by molar-refractivity contribution is 0.0859. The second kappa shape index (κ2) is 8.61. The number of halogens is 2. The molecule has 1 saturated heterocycles. The number of carbonyl (C=O) groups is 1. The zero-order valence-corrected chi connectivity index (χ0v) is 16.1. The highest BCUT2D eigenvalue weighted by Gasteiger charge is 2.19. The fourth-order valence-corrected chi connectivity index (χ4v) is 3.33. The van der Waals surface area contributed by atoms with Crippen molar-refractivity contribution in [2.24, 2.45) is 0 Å². The Labute approximate surface area is 168 Å². The molecule has 1 fully saturated rings. The van der Waals surface area contributed by atoms with Crippen LogP contribution in [0.15, 0.2) is 42.7 Å². The van der Waals surface area contributed by atoms with Crippen LogP contribution in [0.4, 0.5) is 11.5 Å². The van der Waals surface area contributed by atoms with Crippen LogP contribution in [0, 0.1) is 0 Å². The summed E-state index contributed by atoms with van der Waals surface area (Å²) >= 11 is 6.03. The van der Waals surface area contributed by atoms with Crippen LogP contribution in [0.1, 0.15) is 23.2 Å². The van der Waals surface area contributed by atoms with Gasteiger partial charge in [0.05, 0.1) is 17.2 Å². The molecule has 3 N–H and O–H groups in total. The number of carbonyl (C=O) groups excluding carboxylic acids is 1. The molecule has 1 aliphatic rings. The number of amides is 1. The largest absolute Gasteiger partial charge is 0.376 e. The minimum Gasteiger partial charge on any atom is -0.376 e. The van der Waals surface area contributed by atoms with Gasteiger partial charge in [-0.3, -0.25) is 4.79 Å². The molecule has 1 aliphatic heterocycles. The average Bonchev–Trinajstić information content (AvgIpc) is 3.32. The summed E-state index contributed by atoms with van der Waals surface area (Å²) in [7, 11) is 0. The molecule has 1 atom stereocenters. The summed E-state index contributed by atoms with van der Waals surface area (Å²) < 4.78 is 5.55. The third kappa shape index (κ3) is 4.35. The number of hydrogen-bond donors (Lipinski definition) is 3. The molecule has 8 heteroatoms. The number of benzene rings is 1. The van der Waals surface area contributed by atoms with Gasteiger partial charge >= 0.3 is 0 Å². The number of aromatic nitrogens is 2. The quantitative estimate of drug-likeness (QED) is 0.590. The smallest absolute Gasteiger partial charge is 0.253 e. The van der Waals surface area contributed by atoms with Crippen molar-refractivity contribution in [3.63, 3.8) is 0 Å². The molecule has 6 nitrogen and oxygen atoms in total. The van der Waals surface area contributed by atoms with Crippen LogP contribution in [-0.2, 0) is 4.74 Å².